The van der Waals surface area contributed by atoms with Crippen LogP contribution in [0.25, 0.3) is 0 Å². The van der Waals surface area contributed by atoms with Crippen LogP contribution in [0.3, 0.4) is 0 Å². The van der Waals surface area contributed by atoms with E-state index in [-0.39, 0.29) is 29.5 Å². The summed E-state index contributed by atoms with van der Waals surface area (Å²) in [5.41, 5.74) is -2.13. The van der Waals surface area contributed by atoms with Crippen molar-refractivity contribution in [1.29, 1.82) is 0 Å². The van der Waals surface area contributed by atoms with Crippen molar-refractivity contribution >= 4 is 15.9 Å². The Balaban J connectivity index is 1.39. The molecule has 4 saturated heterocycles. The second kappa shape index (κ2) is 11.2. The van der Waals surface area contributed by atoms with Gasteiger partial charge in [-0.1, -0.05) is 28.1 Å². The molecule has 0 aromatic rings. The number of hydrogen-bond acceptors (Lipinski definition) is 7. The van der Waals surface area contributed by atoms with E-state index in [1.54, 1.807) is 14.0 Å². The lowest BCUT2D eigenvalue weighted by Gasteiger charge is -2.56. The molecule has 0 radical (unpaired) electrons. The Morgan fingerprint density at radius 1 is 1.03 bits per heavy atom. The van der Waals surface area contributed by atoms with Crippen molar-refractivity contribution in [3.63, 3.8) is 0 Å². The number of rotatable bonds is 8. The van der Waals surface area contributed by atoms with Gasteiger partial charge in [-0.3, -0.25) is 0 Å². The van der Waals surface area contributed by atoms with Gasteiger partial charge in [-0.25, -0.2) is 0 Å². The number of fused-ring (bicyclic) bond motifs is 1. The Morgan fingerprint density at radius 3 is 2.28 bits per heavy atom. The maximum Gasteiger partial charge on any atom is 0.114 e. The van der Waals surface area contributed by atoms with E-state index in [1.807, 2.05) is 13.8 Å². The smallest absolute Gasteiger partial charge is 0.114 e. The van der Waals surface area contributed by atoms with Gasteiger partial charge in [0.05, 0.1) is 59.0 Å². The molecule has 11 atom stereocenters. The van der Waals surface area contributed by atoms with Crippen LogP contribution >= 0.6 is 15.9 Å². The molecule has 4 fully saturated rings. The third-order valence-corrected chi connectivity index (χ3v) is 12.0. The molecule has 0 aliphatic carbocycles. The van der Waals surface area contributed by atoms with Gasteiger partial charge in [-0.2, -0.15) is 0 Å². The fourth-order valence-corrected chi connectivity index (χ4v) is 7.75. The average molecular weight is 618 g/mol. The monoisotopic (exact) mass is 616 g/mol. The maximum absolute atomic E-state index is 11.8. The van der Waals surface area contributed by atoms with Gasteiger partial charge in [0.15, 0.2) is 0 Å². The molecule has 4 rings (SSSR count). The van der Waals surface area contributed by atoms with Crippen molar-refractivity contribution in [3.05, 3.63) is 12.2 Å². The highest BCUT2D eigenvalue weighted by molar-refractivity contribution is 9.09. The van der Waals surface area contributed by atoms with E-state index in [9.17, 15) is 10.2 Å². The minimum Gasteiger partial charge on any atom is -0.390 e. The van der Waals surface area contributed by atoms with E-state index < -0.39 is 35.1 Å². The third-order valence-electron chi connectivity index (χ3n) is 10.4. The molecule has 4 aliphatic heterocycles. The topological polar surface area (TPSA) is 86.6 Å². The Morgan fingerprint density at radius 2 is 1.67 bits per heavy atom. The van der Waals surface area contributed by atoms with Crippen LogP contribution in [0.5, 0.6) is 0 Å². The molecule has 7 nitrogen and oxygen atoms in total. The zero-order valence-electron chi connectivity index (χ0n) is 25.4. The average Bonchev–Trinajstić information content (AvgIpc) is 3.15. The van der Waals surface area contributed by atoms with Crippen LogP contribution in [0.15, 0.2) is 12.2 Å². The highest BCUT2D eigenvalue weighted by atomic mass is 79.9. The molecule has 4 heterocycles. The summed E-state index contributed by atoms with van der Waals surface area (Å²) in [5.74, 6) is 0. The van der Waals surface area contributed by atoms with Gasteiger partial charge in [0, 0.05) is 18.4 Å². The second-order valence-corrected chi connectivity index (χ2v) is 15.3. The first-order valence-electron chi connectivity index (χ1n) is 14.9. The molecule has 0 spiro atoms. The number of aliphatic hydroxyl groups excluding tert-OH is 1. The molecule has 0 aromatic carbocycles. The summed E-state index contributed by atoms with van der Waals surface area (Å²) in [6.45, 7) is 18.3. The molecule has 4 aliphatic rings. The highest BCUT2D eigenvalue weighted by Crippen LogP contribution is 2.50. The Hall–Kier alpha value is -0.0600. The second-order valence-electron chi connectivity index (χ2n) is 14.2. The molecule has 8 heteroatoms. The fourth-order valence-electron chi connectivity index (χ4n) is 7.43. The number of aliphatic hydroxyl groups is 2. The van der Waals surface area contributed by atoms with E-state index in [0.717, 1.165) is 37.7 Å². The molecule has 0 aromatic heterocycles. The van der Waals surface area contributed by atoms with E-state index in [4.69, 9.17) is 23.7 Å². The lowest BCUT2D eigenvalue weighted by Crippen LogP contribution is -2.64. The maximum atomic E-state index is 11.8. The zero-order valence-corrected chi connectivity index (χ0v) is 27.0. The molecule has 226 valence electrons. The molecule has 0 saturated carbocycles. The number of halogens is 1. The van der Waals surface area contributed by atoms with Gasteiger partial charge in [-0.05, 0) is 99.8 Å². The van der Waals surface area contributed by atoms with Crippen LogP contribution < -0.4 is 0 Å². The van der Waals surface area contributed by atoms with Crippen LogP contribution in [0.1, 0.15) is 106 Å². The van der Waals surface area contributed by atoms with Crippen molar-refractivity contribution in [2.75, 3.05) is 7.11 Å². The first-order chi connectivity index (χ1) is 18.0. The normalized spacial score (nSPS) is 46.7. The quantitative estimate of drug-likeness (QED) is 0.270. The van der Waals surface area contributed by atoms with E-state index >= 15 is 0 Å². The minimum atomic E-state index is -1.24. The lowest BCUT2D eigenvalue weighted by atomic mass is 9.75. The summed E-state index contributed by atoms with van der Waals surface area (Å²) in [6.07, 6.45) is 5.11. The van der Waals surface area contributed by atoms with Gasteiger partial charge in [0.1, 0.15) is 5.60 Å². The van der Waals surface area contributed by atoms with E-state index in [2.05, 4.69) is 50.2 Å². The van der Waals surface area contributed by atoms with Crippen LogP contribution in [0.4, 0.5) is 0 Å². The summed E-state index contributed by atoms with van der Waals surface area (Å²) in [6, 6.07) is 0. The summed E-state index contributed by atoms with van der Waals surface area (Å²) in [5, 5.41) is 22.8. The van der Waals surface area contributed by atoms with Gasteiger partial charge >= 0.3 is 0 Å². The fraction of sp³-hybridized carbons (Fsp3) is 0.935. The predicted octanol–water partition coefficient (Wildman–Crippen LogP) is 5.61. The van der Waals surface area contributed by atoms with Gasteiger partial charge in [0.2, 0.25) is 0 Å². The van der Waals surface area contributed by atoms with Gasteiger partial charge in [0.25, 0.3) is 0 Å². The molecule has 2 N–H and O–H groups in total. The number of hydrogen-bond donors (Lipinski definition) is 2. The predicted molar refractivity (Wildman–Crippen MR) is 155 cm³/mol. The van der Waals surface area contributed by atoms with Crippen LogP contribution in [-0.2, 0) is 23.7 Å². The van der Waals surface area contributed by atoms with E-state index in [1.165, 1.54) is 0 Å². The highest BCUT2D eigenvalue weighted by Gasteiger charge is 2.58. The molecular formula is C31H53BrO7. The molecule has 39 heavy (non-hydrogen) atoms. The summed E-state index contributed by atoms with van der Waals surface area (Å²) >= 11 is 3.79. The van der Waals surface area contributed by atoms with Crippen LogP contribution in [0.2, 0.25) is 0 Å². The summed E-state index contributed by atoms with van der Waals surface area (Å²) < 4.78 is 32.1. The minimum absolute atomic E-state index is 0.0136. The van der Waals surface area contributed by atoms with Crippen molar-refractivity contribution in [2.24, 2.45) is 0 Å². The third kappa shape index (κ3) is 6.20. The van der Waals surface area contributed by atoms with Crippen molar-refractivity contribution in [2.45, 2.75) is 176 Å². The first kappa shape index (κ1) is 31.9. The van der Waals surface area contributed by atoms with Gasteiger partial charge in [-0.15, -0.1) is 0 Å². The van der Waals surface area contributed by atoms with Crippen LogP contribution in [-0.4, -0.2) is 86.8 Å². The van der Waals surface area contributed by atoms with Crippen molar-refractivity contribution < 1.29 is 33.9 Å². The molecule has 0 amide bonds. The Bertz CT molecular complexity index is 894. The SMILES string of the molecule is C=C(C)C(CCC1(C)OC(C(C)(O)C2CCC3OC(C4(C)CCC(Br)C(C)(C)O4)CCC3(C)O2)CC1O)OC. The number of alkyl halides is 1. The zero-order chi connectivity index (χ0) is 29.0. The standard InChI is InChI=1S/C31H53BrO7/c1-19(2)20(35-9)12-15-28(5)22(33)18-26(38-28)31(8,34)25-11-10-23-29(6,37-25)17-14-24(36-23)30(7)16-13-21(32)27(3,4)39-30/h20-26,33-34H,1,10-18H2,2-9H3. The Kier molecular flexibility index (Phi) is 9.16. The van der Waals surface area contributed by atoms with Gasteiger partial charge < -0.3 is 33.9 Å². The molecule has 0 bridgehead atoms. The lowest BCUT2D eigenvalue weighted by molar-refractivity contribution is -0.308. The van der Waals surface area contributed by atoms with Crippen molar-refractivity contribution in [1.82, 2.24) is 0 Å². The first-order valence-corrected chi connectivity index (χ1v) is 15.8. The van der Waals surface area contributed by atoms with Crippen LogP contribution in [0, 0.1) is 0 Å². The summed E-state index contributed by atoms with van der Waals surface area (Å²) in [4.78, 5) is 0.332. The largest absolute Gasteiger partial charge is 0.390 e. The number of methoxy groups -OCH3 is 1. The van der Waals surface area contributed by atoms with Crippen molar-refractivity contribution in [3.8, 4) is 0 Å². The Labute approximate surface area is 244 Å². The molecule has 11 unspecified atom stereocenters. The van der Waals surface area contributed by atoms with E-state index in [0.29, 0.717) is 30.5 Å². The molecular weight excluding hydrogens is 564 g/mol. The summed E-state index contributed by atoms with van der Waals surface area (Å²) in [7, 11) is 1.68. The number of ether oxygens (including phenoxy) is 5.